The van der Waals surface area contributed by atoms with Gasteiger partial charge in [-0.2, -0.15) is 4.98 Å². The highest BCUT2D eigenvalue weighted by atomic mass is 19.2. The molecule has 0 aliphatic rings. The lowest BCUT2D eigenvalue weighted by Gasteiger charge is -2.11. The van der Waals surface area contributed by atoms with Crippen LogP contribution in [-0.4, -0.2) is 23.2 Å². The molecule has 4 nitrogen and oxygen atoms in total. The van der Waals surface area contributed by atoms with Gasteiger partial charge in [0.15, 0.2) is 17.5 Å². The fourth-order valence-electron chi connectivity index (χ4n) is 2.05. The number of rotatable bonds is 6. The molecule has 21 heavy (non-hydrogen) atoms. The fraction of sp³-hybridized carbons (Fsp3) is 0.429. The van der Waals surface area contributed by atoms with Crippen molar-refractivity contribution in [3.05, 3.63) is 35.5 Å². The van der Waals surface area contributed by atoms with Gasteiger partial charge in [-0.3, -0.25) is 0 Å². The van der Waals surface area contributed by atoms with E-state index in [1.165, 1.54) is 0 Å². The molecular formula is C14H16F3N3O. The molecule has 1 heterocycles. The third kappa shape index (κ3) is 3.60. The molecular weight excluding hydrogens is 283 g/mol. The molecule has 2 aromatic rings. The maximum atomic E-state index is 13.2. The van der Waals surface area contributed by atoms with Gasteiger partial charge in [-0.05, 0) is 25.6 Å². The van der Waals surface area contributed by atoms with Crippen molar-refractivity contribution < 1.29 is 17.7 Å². The molecule has 0 spiro atoms. The molecule has 114 valence electrons. The van der Waals surface area contributed by atoms with Gasteiger partial charge in [0, 0.05) is 18.0 Å². The van der Waals surface area contributed by atoms with E-state index < -0.39 is 17.5 Å². The first-order valence-electron chi connectivity index (χ1n) is 6.69. The van der Waals surface area contributed by atoms with Crippen molar-refractivity contribution in [3.63, 3.8) is 0 Å². The predicted molar refractivity (Wildman–Crippen MR) is 71.1 cm³/mol. The zero-order chi connectivity index (χ0) is 15.4. The van der Waals surface area contributed by atoms with Crippen molar-refractivity contribution in [3.8, 4) is 11.4 Å². The molecule has 2 rings (SSSR count). The van der Waals surface area contributed by atoms with Crippen molar-refractivity contribution in [2.75, 3.05) is 7.05 Å². The number of nitrogens with zero attached hydrogens (tertiary/aromatic N) is 2. The average molecular weight is 299 g/mol. The molecule has 7 heteroatoms. The van der Waals surface area contributed by atoms with E-state index >= 15 is 0 Å². The molecule has 0 aliphatic heterocycles. The van der Waals surface area contributed by atoms with E-state index in [9.17, 15) is 13.2 Å². The monoisotopic (exact) mass is 299 g/mol. The third-order valence-electron chi connectivity index (χ3n) is 3.18. The average Bonchev–Trinajstić information content (AvgIpc) is 2.92. The Hall–Kier alpha value is -1.89. The lowest BCUT2D eigenvalue weighted by molar-refractivity contribution is 0.356. The van der Waals surface area contributed by atoms with Crippen molar-refractivity contribution in [1.29, 1.82) is 0 Å². The Morgan fingerprint density at radius 1 is 1.24 bits per heavy atom. The Labute approximate surface area is 120 Å². The van der Waals surface area contributed by atoms with E-state index in [0.29, 0.717) is 12.3 Å². The van der Waals surface area contributed by atoms with Gasteiger partial charge >= 0.3 is 0 Å². The van der Waals surface area contributed by atoms with Gasteiger partial charge in [-0.15, -0.1) is 0 Å². The van der Waals surface area contributed by atoms with Gasteiger partial charge < -0.3 is 9.84 Å². The minimum absolute atomic E-state index is 0.0363. The van der Waals surface area contributed by atoms with Crippen molar-refractivity contribution in [2.45, 2.75) is 32.2 Å². The van der Waals surface area contributed by atoms with E-state index in [1.807, 2.05) is 7.05 Å². The van der Waals surface area contributed by atoms with Gasteiger partial charge in [0.25, 0.3) is 0 Å². The van der Waals surface area contributed by atoms with Crippen LogP contribution in [0.4, 0.5) is 13.2 Å². The van der Waals surface area contributed by atoms with E-state index in [4.69, 9.17) is 4.52 Å². The van der Waals surface area contributed by atoms with Crippen LogP contribution in [0.5, 0.6) is 0 Å². The molecule has 0 saturated heterocycles. The largest absolute Gasteiger partial charge is 0.339 e. The second-order valence-electron chi connectivity index (χ2n) is 4.74. The Bertz CT molecular complexity index is 592. The normalized spacial score (nSPS) is 12.6. The minimum Gasteiger partial charge on any atom is -0.339 e. The molecule has 1 aromatic heterocycles. The van der Waals surface area contributed by atoms with Crippen LogP contribution < -0.4 is 5.32 Å². The summed E-state index contributed by atoms with van der Waals surface area (Å²) in [6, 6.07) is 1.87. The number of hydrogen-bond acceptors (Lipinski definition) is 4. The summed E-state index contributed by atoms with van der Waals surface area (Å²) in [6.45, 7) is 2.06. The molecule has 1 atom stereocenters. The number of aromatic nitrogens is 2. The van der Waals surface area contributed by atoms with Crippen LogP contribution in [-0.2, 0) is 6.42 Å². The second-order valence-corrected chi connectivity index (χ2v) is 4.74. The Morgan fingerprint density at radius 3 is 2.48 bits per heavy atom. The first-order valence-corrected chi connectivity index (χ1v) is 6.69. The predicted octanol–water partition coefficient (Wildman–Crippen LogP) is 3.08. The highest BCUT2D eigenvalue weighted by Crippen LogP contribution is 2.21. The maximum Gasteiger partial charge on any atom is 0.228 e. The highest BCUT2D eigenvalue weighted by Gasteiger charge is 2.17. The Kier molecular flexibility index (Phi) is 4.95. The van der Waals surface area contributed by atoms with E-state index in [1.54, 1.807) is 0 Å². The Balaban J connectivity index is 2.20. The van der Waals surface area contributed by atoms with Crippen molar-refractivity contribution in [1.82, 2.24) is 15.5 Å². The molecule has 1 N–H and O–H groups in total. The molecule has 1 unspecified atom stereocenters. The zero-order valence-electron chi connectivity index (χ0n) is 11.8. The molecule has 0 saturated carbocycles. The summed E-state index contributed by atoms with van der Waals surface area (Å²) in [6.07, 6.45) is 2.46. The first-order chi connectivity index (χ1) is 10.0. The highest BCUT2D eigenvalue weighted by molar-refractivity contribution is 5.54. The summed E-state index contributed by atoms with van der Waals surface area (Å²) in [5, 5.41) is 6.80. The molecule has 0 aliphatic carbocycles. The summed E-state index contributed by atoms with van der Waals surface area (Å²) in [5.74, 6) is -3.68. The summed E-state index contributed by atoms with van der Waals surface area (Å²) in [5.41, 5.74) is 0.0397. The van der Waals surface area contributed by atoms with E-state index in [2.05, 4.69) is 22.4 Å². The van der Waals surface area contributed by atoms with Gasteiger partial charge in [-0.1, -0.05) is 18.5 Å². The van der Waals surface area contributed by atoms with Crippen LogP contribution in [0, 0.1) is 17.5 Å². The smallest absolute Gasteiger partial charge is 0.228 e. The second kappa shape index (κ2) is 6.71. The number of nitrogens with one attached hydrogen (secondary N) is 1. The topological polar surface area (TPSA) is 51.0 Å². The van der Waals surface area contributed by atoms with Crippen LogP contribution in [0.2, 0.25) is 0 Å². The summed E-state index contributed by atoms with van der Waals surface area (Å²) >= 11 is 0. The molecule has 0 bridgehead atoms. The lowest BCUT2D eigenvalue weighted by atomic mass is 10.1. The number of halogens is 3. The summed E-state index contributed by atoms with van der Waals surface area (Å²) in [7, 11) is 1.84. The minimum atomic E-state index is -1.51. The summed E-state index contributed by atoms with van der Waals surface area (Å²) in [4.78, 5) is 4.09. The standard InChI is InChI=1S/C14H16F3N3O/c1-3-4-9(18-2)7-12-19-14(20-21-12)8-5-10(15)13(17)11(16)6-8/h5-6,9,18H,3-4,7H2,1-2H3. The van der Waals surface area contributed by atoms with Crippen LogP contribution in [0.1, 0.15) is 25.7 Å². The summed E-state index contributed by atoms with van der Waals surface area (Å²) < 4.78 is 44.4. The van der Waals surface area contributed by atoms with Crippen molar-refractivity contribution in [2.24, 2.45) is 0 Å². The van der Waals surface area contributed by atoms with Crippen molar-refractivity contribution >= 4 is 0 Å². The van der Waals surface area contributed by atoms with Crippen LogP contribution >= 0.6 is 0 Å². The van der Waals surface area contributed by atoms with Crippen LogP contribution in [0.15, 0.2) is 16.7 Å². The zero-order valence-corrected chi connectivity index (χ0v) is 11.8. The third-order valence-corrected chi connectivity index (χ3v) is 3.18. The number of hydrogen-bond donors (Lipinski definition) is 1. The lowest BCUT2D eigenvalue weighted by Crippen LogP contribution is -2.27. The fourth-order valence-corrected chi connectivity index (χ4v) is 2.05. The Morgan fingerprint density at radius 2 is 1.90 bits per heavy atom. The quantitative estimate of drug-likeness (QED) is 0.833. The molecule has 0 amide bonds. The molecule has 0 radical (unpaired) electrons. The first kappa shape index (κ1) is 15.5. The van der Waals surface area contributed by atoms with Crippen LogP contribution in [0.25, 0.3) is 11.4 Å². The van der Waals surface area contributed by atoms with Gasteiger partial charge in [0.2, 0.25) is 11.7 Å². The number of likely N-dealkylation sites (N-methyl/N-ethyl adjacent to an activating group) is 1. The van der Waals surface area contributed by atoms with Crippen LogP contribution in [0.3, 0.4) is 0 Å². The van der Waals surface area contributed by atoms with Gasteiger partial charge in [0.1, 0.15) is 0 Å². The SMILES string of the molecule is CCCC(Cc1nc(-c2cc(F)c(F)c(F)c2)no1)NC. The maximum absolute atomic E-state index is 13.2. The van der Waals surface area contributed by atoms with Gasteiger partial charge in [0.05, 0.1) is 0 Å². The molecule has 1 aromatic carbocycles. The van der Waals surface area contributed by atoms with Gasteiger partial charge in [-0.25, -0.2) is 13.2 Å². The molecule has 0 fully saturated rings. The number of benzene rings is 1. The van der Waals surface area contributed by atoms with E-state index in [0.717, 1.165) is 25.0 Å². The van der Waals surface area contributed by atoms with E-state index in [-0.39, 0.29) is 17.4 Å².